The normalized spacial score (nSPS) is 31.3. The van der Waals surface area contributed by atoms with Crippen molar-refractivity contribution in [2.75, 3.05) is 25.5 Å². The van der Waals surface area contributed by atoms with Crippen LogP contribution in [0.1, 0.15) is 38.5 Å². The Morgan fingerprint density at radius 1 is 1.30 bits per heavy atom. The van der Waals surface area contributed by atoms with Crippen LogP contribution in [-0.2, 0) is 9.53 Å². The van der Waals surface area contributed by atoms with Crippen molar-refractivity contribution < 1.29 is 14.3 Å². The Labute approximate surface area is 123 Å². The van der Waals surface area contributed by atoms with Crippen molar-refractivity contribution in [1.29, 1.82) is 0 Å². The van der Waals surface area contributed by atoms with Crippen LogP contribution >= 0.6 is 11.8 Å². The molecule has 3 aliphatic rings. The quantitative estimate of drug-likeness (QED) is 0.804. The molecular formula is C14H22N2O3S. The topological polar surface area (TPSA) is 58.6 Å². The molecular weight excluding hydrogens is 276 g/mol. The number of imide groups is 1. The van der Waals surface area contributed by atoms with E-state index < -0.39 is 5.54 Å². The molecule has 0 bridgehead atoms. The van der Waals surface area contributed by atoms with Crippen LogP contribution in [0.3, 0.4) is 0 Å². The summed E-state index contributed by atoms with van der Waals surface area (Å²) in [4.78, 5) is 25.7. The molecule has 1 N–H and O–H groups in total. The van der Waals surface area contributed by atoms with Gasteiger partial charge in [-0.3, -0.25) is 9.69 Å². The Hall–Kier alpha value is -0.750. The van der Waals surface area contributed by atoms with Gasteiger partial charge in [0.2, 0.25) is 0 Å². The third-order valence-corrected chi connectivity index (χ3v) is 5.85. The summed E-state index contributed by atoms with van der Waals surface area (Å²) >= 11 is 1.91. The zero-order valence-corrected chi connectivity index (χ0v) is 12.5. The summed E-state index contributed by atoms with van der Waals surface area (Å²) in [6.45, 7) is 1.40. The van der Waals surface area contributed by atoms with Crippen molar-refractivity contribution in [3.63, 3.8) is 0 Å². The van der Waals surface area contributed by atoms with Gasteiger partial charge in [0.25, 0.3) is 5.91 Å². The van der Waals surface area contributed by atoms with Crippen LogP contribution in [0.25, 0.3) is 0 Å². The summed E-state index contributed by atoms with van der Waals surface area (Å²) in [6, 6.07) is -0.246. The van der Waals surface area contributed by atoms with Gasteiger partial charge in [-0.05, 0) is 12.8 Å². The fourth-order valence-corrected chi connectivity index (χ4v) is 4.54. The minimum absolute atomic E-state index is 0.0933. The number of hydrogen-bond acceptors (Lipinski definition) is 4. The van der Waals surface area contributed by atoms with E-state index in [2.05, 4.69) is 5.32 Å². The molecule has 0 unspecified atom stereocenters. The molecule has 1 aliphatic carbocycles. The molecule has 2 aliphatic heterocycles. The highest BCUT2D eigenvalue weighted by Crippen LogP contribution is 2.30. The number of carbonyl (C=O) groups excluding carboxylic acids is 2. The Morgan fingerprint density at radius 3 is 2.80 bits per heavy atom. The Bertz CT molecular complexity index is 390. The summed E-state index contributed by atoms with van der Waals surface area (Å²) in [7, 11) is 0. The lowest BCUT2D eigenvalue weighted by atomic mass is 9.99. The maximum Gasteiger partial charge on any atom is 0.325 e. The van der Waals surface area contributed by atoms with Gasteiger partial charge in [-0.2, -0.15) is 11.8 Å². The van der Waals surface area contributed by atoms with Gasteiger partial charge in [-0.25, -0.2) is 4.79 Å². The van der Waals surface area contributed by atoms with Gasteiger partial charge in [0.15, 0.2) is 0 Å². The highest BCUT2D eigenvalue weighted by Gasteiger charge is 2.53. The van der Waals surface area contributed by atoms with Gasteiger partial charge in [-0.15, -0.1) is 0 Å². The first-order valence-electron chi connectivity index (χ1n) is 7.55. The van der Waals surface area contributed by atoms with Crippen molar-refractivity contribution >= 4 is 23.7 Å². The van der Waals surface area contributed by atoms with Crippen LogP contribution in [0.2, 0.25) is 0 Å². The summed E-state index contributed by atoms with van der Waals surface area (Å²) in [5.74, 6) is 0.755. The molecule has 0 radical (unpaired) electrons. The van der Waals surface area contributed by atoms with Crippen LogP contribution in [0.4, 0.5) is 4.79 Å². The Morgan fingerprint density at radius 2 is 2.10 bits per heavy atom. The molecule has 112 valence electrons. The number of ether oxygens (including phenoxy) is 1. The van der Waals surface area contributed by atoms with E-state index in [1.165, 1.54) is 37.0 Å². The number of hydrogen-bond donors (Lipinski definition) is 1. The lowest BCUT2D eigenvalue weighted by molar-refractivity contribution is -0.131. The largest absolute Gasteiger partial charge is 0.378 e. The van der Waals surface area contributed by atoms with Crippen LogP contribution in [0.15, 0.2) is 0 Å². The van der Waals surface area contributed by atoms with Crippen molar-refractivity contribution in [3.05, 3.63) is 0 Å². The fraction of sp³-hybridized carbons (Fsp3) is 0.857. The first-order chi connectivity index (χ1) is 9.71. The monoisotopic (exact) mass is 298 g/mol. The van der Waals surface area contributed by atoms with Gasteiger partial charge in [0.05, 0.1) is 6.61 Å². The smallest absolute Gasteiger partial charge is 0.325 e. The summed E-state index contributed by atoms with van der Waals surface area (Å²) in [5.41, 5.74) is -0.757. The predicted molar refractivity (Wildman–Crippen MR) is 77.7 cm³/mol. The highest BCUT2D eigenvalue weighted by atomic mass is 32.2. The van der Waals surface area contributed by atoms with Crippen LogP contribution < -0.4 is 5.32 Å². The first kappa shape index (κ1) is 14.2. The molecule has 3 amide bonds. The second-order valence-electron chi connectivity index (χ2n) is 5.90. The number of thioether (sulfide) groups is 1. The second-order valence-corrected chi connectivity index (χ2v) is 7.31. The maximum absolute atomic E-state index is 12.4. The fourth-order valence-electron chi connectivity index (χ4n) is 3.25. The van der Waals surface area contributed by atoms with E-state index in [0.29, 0.717) is 31.4 Å². The second kappa shape index (κ2) is 5.93. The lowest BCUT2D eigenvalue weighted by Gasteiger charge is -2.22. The molecule has 6 heteroatoms. The molecule has 0 aromatic carbocycles. The third-order valence-electron chi connectivity index (χ3n) is 4.49. The first-order valence-corrected chi connectivity index (χ1v) is 8.60. The molecule has 0 aromatic rings. The van der Waals surface area contributed by atoms with E-state index in [9.17, 15) is 9.59 Å². The summed E-state index contributed by atoms with van der Waals surface area (Å²) < 4.78 is 5.28. The number of rotatable bonds is 4. The Balaban J connectivity index is 1.49. The molecule has 0 aromatic heterocycles. The standard InChI is InChI=1S/C14H22N2O3S/c17-12-14(6-8-19-10-14)15-13(18)16(12)7-9-20-11-4-2-1-3-5-11/h11H,1-10H2,(H,15,18)/t14-/m1/s1. The van der Waals surface area contributed by atoms with Crippen molar-refractivity contribution in [3.8, 4) is 0 Å². The molecule has 3 fully saturated rings. The average molecular weight is 298 g/mol. The van der Waals surface area contributed by atoms with E-state index in [1.54, 1.807) is 0 Å². The zero-order valence-electron chi connectivity index (χ0n) is 11.7. The van der Waals surface area contributed by atoms with Crippen molar-refractivity contribution in [2.24, 2.45) is 0 Å². The average Bonchev–Trinajstić information content (AvgIpc) is 3.01. The van der Waals surface area contributed by atoms with E-state index in [0.717, 1.165) is 5.75 Å². The molecule has 1 spiro atoms. The van der Waals surface area contributed by atoms with Crippen molar-refractivity contribution in [1.82, 2.24) is 10.2 Å². The molecule has 5 nitrogen and oxygen atoms in total. The van der Waals surface area contributed by atoms with Crippen LogP contribution in [-0.4, -0.2) is 53.1 Å². The minimum atomic E-state index is -0.757. The summed E-state index contributed by atoms with van der Waals surface area (Å²) in [6.07, 6.45) is 7.16. The van der Waals surface area contributed by atoms with Crippen LogP contribution in [0, 0.1) is 0 Å². The van der Waals surface area contributed by atoms with Crippen molar-refractivity contribution in [2.45, 2.75) is 49.3 Å². The van der Waals surface area contributed by atoms with E-state index in [1.807, 2.05) is 11.8 Å². The number of amides is 3. The highest BCUT2D eigenvalue weighted by molar-refractivity contribution is 7.99. The maximum atomic E-state index is 12.4. The predicted octanol–water partition coefficient (Wildman–Crippen LogP) is 1.76. The Kier molecular flexibility index (Phi) is 4.21. The number of nitrogens with one attached hydrogen (secondary N) is 1. The number of urea groups is 1. The molecule has 3 rings (SSSR count). The van der Waals surface area contributed by atoms with E-state index >= 15 is 0 Å². The lowest BCUT2D eigenvalue weighted by Crippen LogP contribution is -2.47. The molecule has 1 atom stereocenters. The van der Waals surface area contributed by atoms with E-state index in [-0.39, 0.29) is 11.9 Å². The zero-order chi connectivity index (χ0) is 14.0. The van der Waals surface area contributed by atoms with Gasteiger partial charge in [0.1, 0.15) is 5.54 Å². The molecule has 2 heterocycles. The van der Waals surface area contributed by atoms with Gasteiger partial charge >= 0.3 is 6.03 Å². The number of nitrogens with zero attached hydrogens (tertiary/aromatic N) is 1. The third kappa shape index (κ3) is 2.68. The summed E-state index contributed by atoms with van der Waals surface area (Å²) in [5, 5.41) is 3.54. The SMILES string of the molecule is O=C1N[C@@]2(CCOC2)C(=O)N1CCSC1CCCCC1. The number of carbonyl (C=O) groups is 2. The van der Waals surface area contributed by atoms with Crippen LogP contribution in [0.5, 0.6) is 0 Å². The van der Waals surface area contributed by atoms with Gasteiger partial charge < -0.3 is 10.1 Å². The minimum Gasteiger partial charge on any atom is -0.378 e. The molecule has 1 saturated carbocycles. The molecule has 20 heavy (non-hydrogen) atoms. The molecule has 2 saturated heterocycles. The van der Waals surface area contributed by atoms with Gasteiger partial charge in [0, 0.05) is 30.6 Å². The van der Waals surface area contributed by atoms with E-state index in [4.69, 9.17) is 4.74 Å². The van der Waals surface area contributed by atoms with Gasteiger partial charge in [-0.1, -0.05) is 19.3 Å².